The van der Waals surface area contributed by atoms with Crippen molar-refractivity contribution in [2.24, 2.45) is 4.99 Å². The summed E-state index contributed by atoms with van der Waals surface area (Å²) < 4.78 is 11.1. The second-order valence-corrected chi connectivity index (χ2v) is 6.94. The highest BCUT2D eigenvalue weighted by Crippen LogP contribution is 2.11. The third kappa shape index (κ3) is 10.5. The van der Waals surface area contributed by atoms with E-state index in [1.165, 1.54) is 6.42 Å². The third-order valence-electron chi connectivity index (χ3n) is 4.73. The van der Waals surface area contributed by atoms with Gasteiger partial charge in [-0.2, -0.15) is 0 Å². The molecule has 2 rings (SSSR count). The minimum atomic E-state index is 0. The molecule has 2 heterocycles. The number of nitrogens with zero attached hydrogens (tertiary/aromatic N) is 2. The highest BCUT2D eigenvalue weighted by Gasteiger charge is 2.16. The molecule has 0 aliphatic carbocycles. The lowest BCUT2D eigenvalue weighted by Gasteiger charge is -2.20. The zero-order valence-electron chi connectivity index (χ0n) is 16.7. The molecule has 7 nitrogen and oxygen atoms in total. The molecule has 0 aromatic rings. The SMILES string of the molecule is CCNC(=NCCCN1CCCCCC1=O)NCCCOC1CCOC1.I. The Morgan fingerprint density at radius 3 is 2.96 bits per heavy atom. The fourth-order valence-corrected chi connectivity index (χ4v) is 3.24. The second-order valence-electron chi connectivity index (χ2n) is 6.94. The molecule has 158 valence electrons. The molecule has 8 heteroatoms. The fourth-order valence-electron chi connectivity index (χ4n) is 3.24. The first-order chi connectivity index (χ1) is 12.8. The van der Waals surface area contributed by atoms with Gasteiger partial charge in [0.2, 0.25) is 5.91 Å². The first kappa shape index (κ1) is 24.4. The van der Waals surface area contributed by atoms with Crippen LogP contribution in [0.5, 0.6) is 0 Å². The zero-order chi connectivity index (χ0) is 18.5. The molecule has 1 amide bonds. The Labute approximate surface area is 181 Å². The molecule has 1 atom stereocenters. The van der Waals surface area contributed by atoms with Gasteiger partial charge in [0, 0.05) is 52.4 Å². The molecule has 0 spiro atoms. The predicted molar refractivity (Wildman–Crippen MR) is 119 cm³/mol. The van der Waals surface area contributed by atoms with E-state index in [0.29, 0.717) is 12.3 Å². The van der Waals surface area contributed by atoms with Crippen molar-refractivity contribution in [2.75, 3.05) is 52.5 Å². The first-order valence-corrected chi connectivity index (χ1v) is 10.3. The van der Waals surface area contributed by atoms with Crippen LogP contribution in [0.15, 0.2) is 4.99 Å². The van der Waals surface area contributed by atoms with E-state index in [9.17, 15) is 4.79 Å². The van der Waals surface area contributed by atoms with E-state index in [2.05, 4.69) is 22.5 Å². The van der Waals surface area contributed by atoms with Gasteiger partial charge in [0.05, 0.1) is 12.7 Å². The number of aliphatic imine (C=N–C) groups is 1. The summed E-state index contributed by atoms with van der Waals surface area (Å²) >= 11 is 0. The lowest BCUT2D eigenvalue weighted by molar-refractivity contribution is -0.130. The van der Waals surface area contributed by atoms with E-state index in [1.807, 2.05) is 4.90 Å². The van der Waals surface area contributed by atoms with Gasteiger partial charge < -0.3 is 25.0 Å². The number of carbonyl (C=O) groups is 1. The number of rotatable bonds is 10. The molecule has 2 N–H and O–H groups in total. The maximum atomic E-state index is 12.0. The Hall–Kier alpha value is -0.610. The monoisotopic (exact) mass is 496 g/mol. The number of ether oxygens (including phenoxy) is 2. The van der Waals surface area contributed by atoms with Crippen LogP contribution < -0.4 is 10.6 Å². The van der Waals surface area contributed by atoms with Crippen molar-refractivity contribution in [3.05, 3.63) is 0 Å². The zero-order valence-corrected chi connectivity index (χ0v) is 19.0. The summed E-state index contributed by atoms with van der Waals surface area (Å²) in [6.07, 6.45) is 7.20. The minimum Gasteiger partial charge on any atom is -0.379 e. The number of amides is 1. The number of hydrogen-bond donors (Lipinski definition) is 2. The summed E-state index contributed by atoms with van der Waals surface area (Å²) in [5.74, 6) is 1.16. The smallest absolute Gasteiger partial charge is 0.222 e. The van der Waals surface area contributed by atoms with Gasteiger partial charge in [-0.15, -0.1) is 24.0 Å². The summed E-state index contributed by atoms with van der Waals surface area (Å²) in [6, 6.07) is 0. The Balaban J connectivity index is 0.00000364. The number of halogens is 1. The Morgan fingerprint density at radius 2 is 2.19 bits per heavy atom. The van der Waals surface area contributed by atoms with Crippen molar-refractivity contribution in [1.29, 1.82) is 0 Å². The van der Waals surface area contributed by atoms with Gasteiger partial charge in [-0.05, 0) is 39.0 Å². The molecule has 2 aliphatic heterocycles. The standard InChI is InChI=1S/C19H36N4O3.HI/c1-2-20-19(22-11-7-14-26-17-9-15-25-16-17)21-10-6-13-23-12-5-3-4-8-18(23)24;/h17H,2-16H2,1H3,(H2,20,21,22);1H. The third-order valence-corrected chi connectivity index (χ3v) is 4.73. The Bertz CT molecular complexity index is 431. The van der Waals surface area contributed by atoms with Gasteiger partial charge in [0.1, 0.15) is 0 Å². The molecule has 2 aliphatic rings. The highest BCUT2D eigenvalue weighted by molar-refractivity contribution is 14.0. The van der Waals surface area contributed by atoms with E-state index < -0.39 is 0 Å². The molecule has 0 aromatic heterocycles. The van der Waals surface area contributed by atoms with Crippen LogP contribution in [-0.4, -0.2) is 75.4 Å². The molecule has 27 heavy (non-hydrogen) atoms. The normalized spacial score (nSPS) is 20.9. The minimum absolute atomic E-state index is 0. The van der Waals surface area contributed by atoms with Gasteiger partial charge in [0.25, 0.3) is 0 Å². The summed E-state index contributed by atoms with van der Waals surface area (Å²) in [4.78, 5) is 18.6. The average molecular weight is 496 g/mol. The van der Waals surface area contributed by atoms with E-state index in [1.54, 1.807) is 0 Å². The second kappa shape index (κ2) is 15.3. The quantitative estimate of drug-likeness (QED) is 0.210. The van der Waals surface area contributed by atoms with Gasteiger partial charge in [-0.3, -0.25) is 9.79 Å². The molecular formula is C19H37IN4O3. The van der Waals surface area contributed by atoms with E-state index in [-0.39, 0.29) is 30.1 Å². The topological polar surface area (TPSA) is 75.2 Å². The van der Waals surface area contributed by atoms with E-state index >= 15 is 0 Å². The summed E-state index contributed by atoms with van der Waals surface area (Å²) in [5.41, 5.74) is 0. The number of carbonyl (C=O) groups excluding carboxylic acids is 1. The van der Waals surface area contributed by atoms with Crippen LogP contribution in [0.2, 0.25) is 0 Å². The largest absolute Gasteiger partial charge is 0.379 e. The van der Waals surface area contributed by atoms with Gasteiger partial charge >= 0.3 is 0 Å². The molecule has 0 radical (unpaired) electrons. The van der Waals surface area contributed by atoms with Crippen LogP contribution in [0, 0.1) is 0 Å². The number of nitrogens with one attached hydrogen (secondary N) is 2. The predicted octanol–water partition coefficient (Wildman–Crippen LogP) is 2.15. The van der Waals surface area contributed by atoms with Crippen molar-refractivity contribution < 1.29 is 14.3 Å². The number of hydrogen-bond acceptors (Lipinski definition) is 4. The average Bonchev–Trinajstić information content (AvgIpc) is 3.07. The van der Waals surface area contributed by atoms with E-state index in [4.69, 9.17) is 9.47 Å². The first-order valence-electron chi connectivity index (χ1n) is 10.3. The van der Waals surface area contributed by atoms with Crippen LogP contribution >= 0.6 is 24.0 Å². The van der Waals surface area contributed by atoms with Crippen LogP contribution in [0.4, 0.5) is 0 Å². The summed E-state index contributed by atoms with van der Waals surface area (Å²) in [5, 5.41) is 6.62. The van der Waals surface area contributed by atoms with Crippen molar-refractivity contribution in [3.63, 3.8) is 0 Å². The van der Waals surface area contributed by atoms with Crippen LogP contribution in [0.1, 0.15) is 51.9 Å². The van der Waals surface area contributed by atoms with E-state index in [0.717, 1.165) is 90.6 Å². The lowest BCUT2D eigenvalue weighted by Crippen LogP contribution is -2.38. The van der Waals surface area contributed by atoms with Crippen LogP contribution in [-0.2, 0) is 14.3 Å². The summed E-state index contributed by atoms with van der Waals surface area (Å²) in [6.45, 7) is 8.51. The summed E-state index contributed by atoms with van der Waals surface area (Å²) in [7, 11) is 0. The highest BCUT2D eigenvalue weighted by atomic mass is 127. The maximum absolute atomic E-state index is 12.0. The molecule has 0 bridgehead atoms. The Morgan fingerprint density at radius 1 is 1.30 bits per heavy atom. The van der Waals surface area contributed by atoms with Crippen molar-refractivity contribution in [2.45, 2.75) is 58.0 Å². The molecular weight excluding hydrogens is 459 g/mol. The molecule has 0 saturated carbocycles. The Kier molecular flexibility index (Phi) is 13.9. The maximum Gasteiger partial charge on any atom is 0.222 e. The van der Waals surface area contributed by atoms with Gasteiger partial charge in [-0.25, -0.2) is 0 Å². The molecule has 0 aromatic carbocycles. The van der Waals surface area contributed by atoms with Crippen molar-refractivity contribution in [1.82, 2.24) is 15.5 Å². The fraction of sp³-hybridized carbons (Fsp3) is 0.895. The molecule has 1 unspecified atom stereocenters. The van der Waals surface area contributed by atoms with Crippen LogP contribution in [0.25, 0.3) is 0 Å². The number of guanidine groups is 1. The molecule has 2 fully saturated rings. The van der Waals surface area contributed by atoms with Crippen LogP contribution in [0.3, 0.4) is 0 Å². The molecule has 2 saturated heterocycles. The van der Waals surface area contributed by atoms with Gasteiger partial charge in [-0.1, -0.05) is 6.42 Å². The van der Waals surface area contributed by atoms with Gasteiger partial charge in [0.15, 0.2) is 5.96 Å². The van der Waals surface area contributed by atoms with Crippen molar-refractivity contribution >= 4 is 35.8 Å². The lowest BCUT2D eigenvalue weighted by atomic mass is 10.2. The number of likely N-dealkylation sites (tertiary alicyclic amines) is 1. The van der Waals surface area contributed by atoms with Crippen molar-refractivity contribution in [3.8, 4) is 0 Å².